The molecule has 0 N–H and O–H groups in total. The van der Waals surface area contributed by atoms with Crippen LogP contribution in [0, 0.1) is 0 Å². The first-order valence-corrected chi connectivity index (χ1v) is 21.7. The van der Waals surface area contributed by atoms with E-state index in [1.165, 1.54) is 97.2 Å². The number of hydrogen-bond acceptors (Lipinski definition) is 2. The summed E-state index contributed by atoms with van der Waals surface area (Å²) in [6.07, 6.45) is 4.85. The minimum atomic E-state index is -0.490. The monoisotopic (exact) mass is 779 g/mol. The van der Waals surface area contributed by atoms with Crippen LogP contribution in [0.4, 0.5) is 17.1 Å². The van der Waals surface area contributed by atoms with Crippen molar-refractivity contribution < 1.29 is 4.42 Å². The predicted molar refractivity (Wildman–Crippen MR) is 252 cm³/mol. The third kappa shape index (κ3) is 4.91. The first kappa shape index (κ1) is 34.4. The Hall–Kier alpha value is -7.42. The second-order valence-electron chi connectivity index (χ2n) is 17.0. The summed E-state index contributed by atoms with van der Waals surface area (Å²) in [5, 5.41) is 2.23. The summed E-state index contributed by atoms with van der Waals surface area (Å²) < 4.78 is 6.85. The Morgan fingerprint density at radius 3 is 1.70 bits per heavy atom. The number of rotatable bonds is 5. The quantitative estimate of drug-likeness (QED) is 0.173. The molecule has 0 saturated heterocycles. The number of nitrogens with zero attached hydrogens (tertiary/aromatic N) is 1. The van der Waals surface area contributed by atoms with E-state index in [9.17, 15) is 0 Å². The third-order valence-electron chi connectivity index (χ3n) is 13.9. The van der Waals surface area contributed by atoms with Crippen LogP contribution in [0.15, 0.2) is 205 Å². The molecule has 10 aromatic rings. The number of anilines is 3. The van der Waals surface area contributed by atoms with Gasteiger partial charge in [0.25, 0.3) is 0 Å². The molecule has 0 radical (unpaired) electrons. The van der Waals surface area contributed by atoms with Gasteiger partial charge in [-0.1, -0.05) is 164 Å². The van der Waals surface area contributed by atoms with Crippen LogP contribution >= 0.6 is 0 Å². The molecule has 9 aromatic carbocycles. The largest absolute Gasteiger partial charge is 0.454 e. The molecule has 0 unspecified atom stereocenters. The number of fused-ring (bicyclic) bond motifs is 14. The van der Waals surface area contributed by atoms with Crippen LogP contribution in [0.2, 0.25) is 0 Å². The van der Waals surface area contributed by atoms with Gasteiger partial charge in [0.15, 0.2) is 5.58 Å². The lowest BCUT2D eigenvalue weighted by Gasteiger charge is -2.33. The third-order valence-corrected chi connectivity index (χ3v) is 13.9. The van der Waals surface area contributed by atoms with E-state index >= 15 is 0 Å². The Morgan fingerprint density at radius 1 is 0.393 bits per heavy atom. The van der Waals surface area contributed by atoms with Crippen LogP contribution < -0.4 is 4.90 Å². The lowest BCUT2D eigenvalue weighted by atomic mass is 9.70. The smallest absolute Gasteiger partial charge is 0.159 e. The zero-order chi connectivity index (χ0) is 40.1. The molecular formula is C59H41NO. The van der Waals surface area contributed by atoms with Crippen LogP contribution in [0.5, 0.6) is 0 Å². The van der Waals surface area contributed by atoms with Crippen LogP contribution in [-0.2, 0) is 18.3 Å². The molecule has 0 atom stereocenters. The fraction of sp³-hybridized carbons (Fsp3) is 0.0847. The van der Waals surface area contributed by atoms with Crippen LogP contribution in [-0.4, -0.2) is 0 Å². The van der Waals surface area contributed by atoms with E-state index in [4.69, 9.17) is 4.42 Å². The maximum absolute atomic E-state index is 6.85. The Bertz CT molecular complexity index is 3330. The van der Waals surface area contributed by atoms with Gasteiger partial charge >= 0.3 is 0 Å². The van der Waals surface area contributed by atoms with Gasteiger partial charge in [-0.2, -0.15) is 0 Å². The molecule has 288 valence electrons. The standard InChI is InChI=1S/C59H41NO/c1-2-18-41(19-3-1)60(55-30-15-26-48-47-24-9-13-31-57(47)61-58(48)55)56-37-54-50(36-49(56)40-34-32-39(33-35-40)43-25-14-17-38-16-4-5-20-42(38)43)46-23-8-12-29-53(46)59(54)51-27-10-6-21-44(51)45-22-7-11-28-52(45)59/h1-3,6-15,17-19,21-37H,4-5,16,20H2. The van der Waals surface area contributed by atoms with Gasteiger partial charge in [-0.25, -0.2) is 0 Å². The number of aryl methyl sites for hydroxylation is 1. The van der Waals surface area contributed by atoms with Crippen LogP contribution in [0.3, 0.4) is 0 Å². The molecule has 0 bridgehead atoms. The zero-order valence-corrected chi connectivity index (χ0v) is 33.7. The topological polar surface area (TPSA) is 16.4 Å². The van der Waals surface area contributed by atoms with E-state index < -0.39 is 5.41 Å². The molecule has 0 fully saturated rings. The lowest BCUT2D eigenvalue weighted by molar-refractivity contribution is 0.669. The van der Waals surface area contributed by atoms with Gasteiger partial charge in [0.05, 0.1) is 16.8 Å². The van der Waals surface area contributed by atoms with Gasteiger partial charge in [-0.15, -0.1) is 0 Å². The predicted octanol–water partition coefficient (Wildman–Crippen LogP) is 15.6. The van der Waals surface area contributed by atoms with Crippen LogP contribution in [0.1, 0.15) is 46.2 Å². The summed E-state index contributed by atoms with van der Waals surface area (Å²) in [4.78, 5) is 2.45. The minimum Gasteiger partial charge on any atom is -0.454 e. The molecule has 1 heterocycles. The van der Waals surface area contributed by atoms with Crippen molar-refractivity contribution in [3.05, 3.63) is 234 Å². The van der Waals surface area contributed by atoms with Crippen molar-refractivity contribution in [1.29, 1.82) is 0 Å². The molecular weight excluding hydrogens is 739 g/mol. The summed E-state index contributed by atoms with van der Waals surface area (Å²) >= 11 is 0. The van der Waals surface area contributed by atoms with E-state index in [1.54, 1.807) is 0 Å². The number of para-hydroxylation sites is 3. The van der Waals surface area contributed by atoms with Crippen molar-refractivity contribution in [2.24, 2.45) is 0 Å². The van der Waals surface area contributed by atoms with Gasteiger partial charge in [0.1, 0.15) is 5.58 Å². The second kappa shape index (κ2) is 13.3. The number of furan rings is 1. The van der Waals surface area contributed by atoms with Gasteiger partial charge in [-0.05, 0) is 134 Å². The van der Waals surface area contributed by atoms with E-state index in [1.807, 2.05) is 0 Å². The minimum absolute atomic E-state index is 0.490. The number of benzene rings is 9. The molecule has 13 rings (SSSR count). The molecule has 2 heteroatoms. The van der Waals surface area contributed by atoms with Gasteiger partial charge in [0, 0.05) is 22.0 Å². The summed E-state index contributed by atoms with van der Waals surface area (Å²) in [5.74, 6) is 0. The second-order valence-corrected chi connectivity index (χ2v) is 17.0. The Labute approximate surface area is 356 Å². The highest BCUT2D eigenvalue weighted by molar-refractivity contribution is 6.11. The Kier molecular flexibility index (Phi) is 7.51. The van der Waals surface area contributed by atoms with E-state index in [0.717, 1.165) is 45.4 Å². The highest BCUT2D eigenvalue weighted by Crippen LogP contribution is 2.64. The van der Waals surface area contributed by atoms with Gasteiger partial charge < -0.3 is 9.32 Å². The van der Waals surface area contributed by atoms with Crippen LogP contribution in [0.25, 0.3) is 66.4 Å². The first-order valence-electron chi connectivity index (χ1n) is 21.7. The summed E-state index contributed by atoms with van der Waals surface area (Å²) in [6, 6.07) is 74.4. The fourth-order valence-electron chi connectivity index (χ4n) is 11.3. The van der Waals surface area contributed by atoms with Crippen molar-refractivity contribution in [3.63, 3.8) is 0 Å². The molecule has 3 aliphatic rings. The van der Waals surface area contributed by atoms with E-state index in [-0.39, 0.29) is 0 Å². The molecule has 2 nitrogen and oxygen atoms in total. The molecule has 0 saturated carbocycles. The summed E-state index contributed by atoms with van der Waals surface area (Å²) in [6.45, 7) is 0. The average Bonchev–Trinajstić information content (AvgIpc) is 3.96. The molecule has 0 amide bonds. The molecule has 3 aliphatic carbocycles. The molecule has 61 heavy (non-hydrogen) atoms. The first-order chi connectivity index (χ1) is 30.3. The SMILES string of the molecule is c1ccc(N(c2cc3c(cc2-c2ccc(-c4cccc5c4CCCC5)cc2)-c2ccccc2C32c3ccccc3-c3ccccc32)c2cccc3c2oc2ccccc23)cc1. The van der Waals surface area contributed by atoms with E-state index in [0.29, 0.717) is 0 Å². The van der Waals surface area contributed by atoms with Crippen molar-refractivity contribution >= 4 is 39.0 Å². The van der Waals surface area contributed by atoms with Crippen molar-refractivity contribution in [3.8, 4) is 44.5 Å². The molecule has 1 aromatic heterocycles. The average molecular weight is 780 g/mol. The maximum atomic E-state index is 6.85. The summed E-state index contributed by atoms with van der Waals surface area (Å²) in [7, 11) is 0. The number of hydrogen-bond donors (Lipinski definition) is 0. The van der Waals surface area contributed by atoms with Gasteiger partial charge in [-0.3, -0.25) is 0 Å². The Morgan fingerprint density at radius 2 is 0.967 bits per heavy atom. The Balaban J connectivity index is 1.12. The van der Waals surface area contributed by atoms with Crippen molar-refractivity contribution in [1.82, 2.24) is 0 Å². The van der Waals surface area contributed by atoms with E-state index in [2.05, 4.69) is 205 Å². The zero-order valence-electron chi connectivity index (χ0n) is 33.7. The fourth-order valence-corrected chi connectivity index (χ4v) is 11.3. The molecule has 1 spiro atoms. The van der Waals surface area contributed by atoms with Crippen molar-refractivity contribution in [2.75, 3.05) is 4.90 Å². The lowest BCUT2D eigenvalue weighted by Crippen LogP contribution is -2.26. The molecule has 0 aliphatic heterocycles. The highest BCUT2D eigenvalue weighted by Gasteiger charge is 2.52. The van der Waals surface area contributed by atoms with Gasteiger partial charge in [0.2, 0.25) is 0 Å². The highest BCUT2D eigenvalue weighted by atomic mass is 16.3. The normalized spacial score (nSPS) is 14.1. The summed E-state index contributed by atoms with van der Waals surface area (Å²) in [5.41, 5.74) is 23.0. The maximum Gasteiger partial charge on any atom is 0.159 e. The van der Waals surface area contributed by atoms with Crippen molar-refractivity contribution in [2.45, 2.75) is 31.1 Å².